The zero-order chi connectivity index (χ0) is 19.7. The maximum atomic E-state index is 13.4. The SMILES string of the molecule is Cc1cccc(C(=O)N(Cc2cccnc2)c2nc3c(C)cc(C)cc3s2)c1. The summed E-state index contributed by atoms with van der Waals surface area (Å²) in [7, 11) is 0. The van der Waals surface area contributed by atoms with E-state index < -0.39 is 0 Å². The van der Waals surface area contributed by atoms with Gasteiger partial charge in [-0.1, -0.05) is 41.2 Å². The Labute approximate surface area is 168 Å². The number of fused-ring (bicyclic) bond motifs is 1. The summed E-state index contributed by atoms with van der Waals surface area (Å²) in [6, 6.07) is 15.8. The highest BCUT2D eigenvalue weighted by atomic mass is 32.1. The predicted molar refractivity (Wildman–Crippen MR) is 115 cm³/mol. The Morgan fingerprint density at radius 1 is 1.04 bits per heavy atom. The second kappa shape index (κ2) is 7.52. The Hall–Kier alpha value is -3.05. The molecule has 0 aliphatic carbocycles. The van der Waals surface area contributed by atoms with Crippen LogP contribution in [0, 0.1) is 20.8 Å². The standard InChI is InChI=1S/C23H21N3OS/c1-15-6-4-8-19(11-15)22(27)26(14-18-7-5-9-24-13-18)23-25-21-17(3)10-16(2)12-20(21)28-23/h4-13H,14H2,1-3H3. The molecule has 1 amide bonds. The van der Waals surface area contributed by atoms with E-state index in [4.69, 9.17) is 4.98 Å². The fraction of sp³-hybridized carbons (Fsp3) is 0.174. The van der Waals surface area contributed by atoms with Gasteiger partial charge in [-0.2, -0.15) is 0 Å². The number of carbonyl (C=O) groups is 1. The van der Waals surface area contributed by atoms with E-state index in [0.717, 1.165) is 26.9 Å². The Balaban J connectivity index is 1.80. The highest BCUT2D eigenvalue weighted by Crippen LogP contribution is 2.33. The van der Waals surface area contributed by atoms with E-state index >= 15 is 0 Å². The number of aromatic nitrogens is 2. The molecule has 4 nitrogen and oxygen atoms in total. The molecule has 140 valence electrons. The molecule has 0 aliphatic heterocycles. The van der Waals surface area contributed by atoms with Crippen molar-refractivity contribution in [3.63, 3.8) is 0 Å². The van der Waals surface area contributed by atoms with E-state index in [1.165, 1.54) is 5.56 Å². The van der Waals surface area contributed by atoms with E-state index in [0.29, 0.717) is 17.2 Å². The summed E-state index contributed by atoms with van der Waals surface area (Å²) in [5, 5.41) is 0.707. The number of thiazole rings is 1. The highest BCUT2D eigenvalue weighted by Gasteiger charge is 2.22. The van der Waals surface area contributed by atoms with Gasteiger partial charge in [0.15, 0.2) is 5.13 Å². The van der Waals surface area contributed by atoms with E-state index in [1.54, 1.807) is 28.6 Å². The van der Waals surface area contributed by atoms with E-state index in [2.05, 4.69) is 31.0 Å². The zero-order valence-corrected chi connectivity index (χ0v) is 17.0. The third-order valence-electron chi connectivity index (χ3n) is 4.62. The van der Waals surface area contributed by atoms with Crippen molar-refractivity contribution in [2.75, 3.05) is 4.90 Å². The van der Waals surface area contributed by atoms with Gasteiger partial charge < -0.3 is 0 Å². The van der Waals surface area contributed by atoms with Gasteiger partial charge in [0.1, 0.15) is 0 Å². The summed E-state index contributed by atoms with van der Waals surface area (Å²) in [5.41, 5.74) is 5.97. The lowest BCUT2D eigenvalue weighted by Gasteiger charge is -2.20. The molecule has 0 spiro atoms. The van der Waals surface area contributed by atoms with Crippen molar-refractivity contribution in [3.05, 3.63) is 88.7 Å². The molecule has 0 aliphatic rings. The number of benzene rings is 2. The van der Waals surface area contributed by atoms with Crippen LogP contribution < -0.4 is 4.90 Å². The lowest BCUT2D eigenvalue weighted by Crippen LogP contribution is -2.30. The van der Waals surface area contributed by atoms with Crippen LogP contribution in [0.15, 0.2) is 60.9 Å². The Bertz CT molecular complexity index is 1150. The molecule has 0 saturated heterocycles. The van der Waals surface area contributed by atoms with Crippen LogP contribution >= 0.6 is 11.3 Å². The maximum Gasteiger partial charge on any atom is 0.260 e. The second-order valence-electron chi connectivity index (χ2n) is 7.05. The number of anilines is 1. The molecule has 4 aromatic rings. The Morgan fingerprint density at radius 2 is 1.89 bits per heavy atom. The third kappa shape index (κ3) is 3.66. The summed E-state index contributed by atoms with van der Waals surface area (Å²) in [4.78, 5) is 24.2. The molecule has 4 rings (SSSR count). The largest absolute Gasteiger partial charge is 0.279 e. The van der Waals surface area contributed by atoms with Gasteiger partial charge >= 0.3 is 0 Å². The molecule has 0 fully saturated rings. The summed E-state index contributed by atoms with van der Waals surface area (Å²) < 4.78 is 1.10. The number of carbonyl (C=O) groups excluding carboxylic acids is 1. The van der Waals surface area contributed by atoms with E-state index in [9.17, 15) is 4.79 Å². The van der Waals surface area contributed by atoms with E-state index in [-0.39, 0.29) is 5.91 Å². The molecule has 0 saturated carbocycles. The first-order valence-corrected chi connectivity index (χ1v) is 9.98. The number of pyridine rings is 1. The molecule has 0 radical (unpaired) electrons. The van der Waals surface area contributed by atoms with Crippen molar-refractivity contribution in [1.82, 2.24) is 9.97 Å². The molecule has 5 heteroatoms. The fourth-order valence-electron chi connectivity index (χ4n) is 3.31. The first-order valence-electron chi connectivity index (χ1n) is 9.16. The minimum Gasteiger partial charge on any atom is -0.279 e. The van der Waals surface area contributed by atoms with Crippen LogP contribution in [0.3, 0.4) is 0 Å². The molecule has 0 atom stereocenters. The summed E-state index contributed by atoms with van der Waals surface area (Å²) in [6.07, 6.45) is 3.53. The highest BCUT2D eigenvalue weighted by molar-refractivity contribution is 7.22. The molecule has 28 heavy (non-hydrogen) atoms. The number of aryl methyl sites for hydroxylation is 3. The first kappa shape index (κ1) is 18.3. The van der Waals surface area contributed by atoms with Gasteiger partial charge in [-0.05, 0) is 61.7 Å². The summed E-state index contributed by atoms with van der Waals surface area (Å²) >= 11 is 1.55. The van der Waals surface area contributed by atoms with Crippen molar-refractivity contribution in [2.24, 2.45) is 0 Å². The van der Waals surface area contributed by atoms with Gasteiger partial charge in [0, 0.05) is 18.0 Å². The van der Waals surface area contributed by atoms with Gasteiger partial charge in [-0.25, -0.2) is 4.98 Å². The minimum atomic E-state index is -0.0546. The van der Waals surface area contributed by atoms with Gasteiger partial charge in [-0.15, -0.1) is 0 Å². The summed E-state index contributed by atoms with van der Waals surface area (Å²) in [5.74, 6) is -0.0546. The van der Waals surface area contributed by atoms with Crippen LogP contribution in [0.25, 0.3) is 10.2 Å². The van der Waals surface area contributed by atoms with Gasteiger partial charge in [0.05, 0.1) is 16.8 Å². The lowest BCUT2D eigenvalue weighted by molar-refractivity contribution is 0.0985. The average Bonchev–Trinajstić information content (AvgIpc) is 3.10. The molecule has 0 unspecified atom stereocenters. The molecule has 2 aromatic carbocycles. The number of rotatable bonds is 4. The van der Waals surface area contributed by atoms with E-state index in [1.807, 2.05) is 43.3 Å². The van der Waals surface area contributed by atoms with Crippen LogP contribution in [-0.2, 0) is 6.54 Å². The average molecular weight is 388 g/mol. The number of hydrogen-bond donors (Lipinski definition) is 0. The van der Waals surface area contributed by atoms with Gasteiger partial charge in [0.25, 0.3) is 5.91 Å². The monoisotopic (exact) mass is 387 g/mol. The second-order valence-corrected chi connectivity index (χ2v) is 8.06. The van der Waals surface area contributed by atoms with Gasteiger partial charge in [0.2, 0.25) is 0 Å². The number of amides is 1. The zero-order valence-electron chi connectivity index (χ0n) is 16.1. The van der Waals surface area contributed by atoms with Crippen molar-refractivity contribution >= 4 is 32.6 Å². The van der Waals surface area contributed by atoms with Crippen LogP contribution in [0.5, 0.6) is 0 Å². The molecule has 0 bridgehead atoms. The Morgan fingerprint density at radius 3 is 2.64 bits per heavy atom. The number of nitrogens with zero attached hydrogens (tertiary/aromatic N) is 3. The number of hydrogen-bond acceptors (Lipinski definition) is 4. The minimum absolute atomic E-state index is 0.0546. The first-order chi connectivity index (χ1) is 13.5. The van der Waals surface area contributed by atoms with Crippen molar-refractivity contribution in [3.8, 4) is 0 Å². The van der Waals surface area contributed by atoms with Crippen LogP contribution in [-0.4, -0.2) is 15.9 Å². The quantitative estimate of drug-likeness (QED) is 0.467. The van der Waals surface area contributed by atoms with Crippen LogP contribution in [0.4, 0.5) is 5.13 Å². The summed E-state index contributed by atoms with van der Waals surface area (Å²) in [6.45, 7) is 6.56. The predicted octanol–water partition coefficient (Wildman–Crippen LogP) is 5.46. The normalized spacial score (nSPS) is 11.0. The topological polar surface area (TPSA) is 46.1 Å². The molecular weight excluding hydrogens is 366 g/mol. The van der Waals surface area contributed by atoms with Gasteiger partial charge in [-0.3, -0.25) is 14.7 Å². The lowest BCUT2D eigenvalue weighted by atomic mass is 10.1. The van der Waals surface area contributed by atoms with Crippen LogP contribution in [0.1, 0.15) is 32.6 Å². The maximum absolute atomic E-state index is 13.4. The van der Waals surface area contributed by atoms with Crippen LogP contribution in [0.2, 0.25) is 0 Å². The third-order valence-corrected chi connectivity index (χ3v) is 5.65. The molecular formula is C23H21N3OS. The fourth-order valence-corrected chi connectivity index (χ4v) is 4.45. The Kier molecular flexibility index (Phi) is 4.92. The van der Waals surface area contributed by atoms with Crippen molar-refractivity contribution < 1.29 is 4.79 Å². The smallest absolute Gasteiger partial charge is 0.260 e. The molecule has 2 aromatic heterocycles. The van der Waals surface area contributed by atoms with Crippen molar-refractivity contribution in [2.45, 2.75) is 27.3 Å². The van der Waals surface area contributed by atoms with Crippen molar-refractivity contribution in [1.29, 1.82) is 0 Å². The molecule has 0 N–H and O–H groups in total. The molecule has 2 heterocycles.